The molecule has 0 spiro atoms. The Kier molecular flexibility index (Phi) is 3.52. The summed E-state index contributed by atoms with van der Waals surface area (Å²) in [7, 11) is 0. The molecule has 2 atom stereocenters. The Bertz CT molecular complexity index is 87.6. The molecule has 1 aliphatic rings. The van der Waals surface area contributed by atoms with Crippen molar-refractivity contribution in [3.63, 3.8) is 0 Å². The molecule has 2 nitrogen and oxygen atoms in total. The summed E-state index contributed by atoms with van der Waals surface area (Å²) in [5, 5.41) is 18.4. The van der Waals surface area contributed by atoms with Crippen LogP contribution in [-0.4, -0.2) is 33.9 Å². The van der Waals surface area contributed by atoms with Gasteiger partial charge in [0.2, 0.25) is 0 Å². The molecule has 1 aliphatic heterocycles. The van der Waals surface area contributed by atoms with Gasteiger partial charge >= 0.3 is 0 Å². The first-order valence-corrected chi connectivity index (χ1v) is 4.68. The van der Waals surface area contributed by atoms with Crippen LogP contribution in [-0.2, 0) is 0 Å². The summed E-state index contributed by atoms with van der Waals surface area (Å²) < 4.78 is 0. The van der Waals surface area contributed by atoms with E-state index in [0.29, 0.717) is 10.5 Å². The molecule has 0 bridgehead atoms. The lowest BCUT2D eigenvalue weighted by molar-refractivity contribution is 0.267. The number of hydrogen-bond acceptors (Lipinski definition) is 3. The zero-order chi connectivity index (χ0) is 7.40. The number of hydrogen-bond donors (Lipinski definition) is 2. The highest BCUT2D eigenvalue weighted by Gasteiger charge is 2.20. The van der Waals surface area contributed by atoms with Gasteiger partial charge in [-0.25, -0.2) is 0 Å². The Morgan fingerprint density at radius 2 is 1.60 bits per heavy atom. The van der Waals surface area contributed by atoms with Crippen molar-refractivity contribution in [3.05, 3.63) is 0 Å². The molecule has 60 valence electrons. The molecule has 0 saturated carbocycles. The third-order valence-corrected chi connectivity index (χ3v) is 3.38. The lowest BCUT2D eigenvalue weighted by atomic mass is 10.1. The van der Waals surface area contributed by atoms with Crippen molar-refractivity contribution in [2.45, 2.75) is 29.8 Å². The van der Waals surface area contributed by atoms with Crippen LogP contribution in [0.2, 0.25) is 0 Å². The molecule has 1 rings (SSSR count). The minimum atomic E-state index is 0.265. The van der Waals surface area contributed by atoms with Crippen LogP contribution in [0.1, 0.15) is 19.3 Å². The SMILES string of the molecule is OC[C@@H]1CCC[C@@H](CO)S1. The number of rotatable bonds is 2. The van der Waals surface area contributed by atoms with Crippen molar-refractivity contribution >= 4 is 11.8 Å². The summed E-state index contributed by atoms with van der Waals surface area (Å²) in [5.74, 6) is 0. The number of aliphatic hydroxyl groups excluding tert-OH is 2. The number of thioether (sulfide) groups is 1. The van der Waals surface area contributed by atoms with Gasteiger partial charge in [-0.3, -0.25) is 0 Å². The Morgan fingerprint density at radius 3 is 2.00 bits per heavy atom. The molecule has 0 aromatic rings. The van der Waals surface area contributed by atoms with Crippen molar-refractivity contribution in [1.82, 2.24) is 0 Å². The molecule has 0 aromatic heterocycles. The highest BCUT2D eigenvalue weighted by molar-refractivity contribution is 8.00. The van der Waals surface area contributed by atoms with Crippen molar-refractivity contribution in [2.24, 2.45) is 0 Å². The first kappa shape index (κ1) is 8.37. The minimum absolute atomic E-state index is 0.265. The van der Waals surface area contributed by atoms with Gasteiger partial charge in [-0.15, -0.1) is 0 Å². The van der Waals surface area contributed by atoms with E-state index in [1.165, 1.54) is 0 Å². The van der Waals surface area contributed by atoms with Crippen LogP contribution >= 0.6 is 11.8 Å². The largest absolute Gasteiger partial charge is 0.395 e. The zero-order valence-electron chi connectivity index (χ0n) is 5.99. The first-order chi connectivity index (χ1) is 4.86. The van der Waals surface area contributed by atoms with Crippen LogP contribution in [0.3, 0.4) is 0 Å². The molecule has 3 heteroatoms. The average molecular weight is 162 g/mol. The third kappa shape index (κ3) is 2.15. The fraction of sp³-hybridized carbons (Fsp3) is 1.00. The normalized spacial score (nSPS) is 34.2. The van der Waals surface area contributed by atoms with Gasteiger partial charge in [0, 0.05) is 10.5 Å². The maximum absolute atomic E-state index is 8.80. The molecule has 0 aliphatic carbocycles. The molecule has 1 saturated heterocycles. The van der Waals surface area contributed by atoms with E-state index in [9.17, 15) is 0 Å². The van der Waals surface area contributed by atoms with E-state index in [1.807, 2.05) is 0 Å². The number of aliphatic hydroxyl groups is 2. The summed E-state index contributed by atoms with van der Waals surface area (Å²) >= 11 is 1.73. The van der Waals surface area contributed by atoms with Gasteiger partial charge < -0.3 is 10.2 Å². The van der Waals surface area contributed by atoms with Crippen LogP contribution in [0, 0.1) is 0 Å². The fourth-order valence-electron chi connectivity index (χ4n) is 1.25. The highest BCUT2D eigenvalue weighted by Crippen LogP contribution is 2.30. The molecule has 0 radical (unpaired) electrons. The lowest BCUT2D eigenvalue weighted by Crippen LogP contribution is -2.22. The Morgan fingerprint density at radius 1 is 1.10 bits per heavy atom. The van der Waals surface area contributed by atoms with Crippen molar-refractivity contribution in [3.8, 4) is 0 Å². The standard InChI is InChI=1S/C7H14O2S/c8-4-6-2-1-3-7(5-9)10-6/h6-9H,1-5H2/t6-,7-/m0/s1. The molecule has 0 aromatic carbocycles. The summed E-state index contributed by atoms with van der Waals surface area (Å²) in [5.41, 5.74) is 0. The van der Waals surface area contributed by atoms with E-state index in [2.05, 4.69) is 0 Å². The second-order valence-corrected chi connectivity index (χ2v) is 4.28. The van der Waals surface area contributed by atoms with Gasteiger partial charge in [0.15, 0.2) is 0 Å². The minimum Gasteiger partial charge on any atom is -0.395 e. The predicted molar refractivity (Wildman–Crippen MR) is 43.2 cm³/mol. The Labute approximate surface area is 65.6 Å². The topological polar surface area (TPSA) is 40.5 Å². The average Bonchev–Trinajstić information content (AvgIpc) is 2.05. The summed E-state index contributed by atoms with van der Waals surface area (Å²) in [6, 6.07) is 0. The molecule has 2 N–H and O–H groups in total. The second kappa shape index (κ2) is 4.21. The third-order valence-electron chi connectivity index (χ3n) is 1.84. The van der Waals surface area contributed by atoms with Crippen LogP contribution < -0.4 is 0 Å². The van der Waals surface area contributed by atoms with Crippen molar-refractivity contribution in [1.29, 1.82) is 0 Å². The van der Waals surface area contributed by atoms with E-state index in [1.54, 1.807) is 11.8 Å². The predicted octanol–water partition coefficient (Wildman–Crippen LogP) is 0.625. The van der Waals surface area contributed by atoms with Crippen LogP contribution in [0.15, 0.2) is 0 Å². The van der Waals surface area contributed by atoms with E-state index in [0.717, 1.165) is 19.3 Å². The molecular formula is C7H14O2S. The summed E-state index contributed by atoms with van der Waals surface area (Å²) in [4.78, 5) is 0. The van der Waals surface area contributed by atoms with Crippen molar-refractivity contribution < 1.29 is 10.2 Å². The van der Waals surface area contributed by atoms with Crippen LogP contribution in [0.25, 0.3) is 0 Å². The van der Waals surface area contributed by atoms with E-state index in [4.69, 9.17) is 10.2 Å². The zero-order valence-corrected chi connectivity index (χ0v) is 6.81. The van der Waals surface area contributed by atoms with E-state index in [-0.39, 0.29) is 13.2 Å². The van der Waals surface area contributed by atoms with E-state index < -0.39 is 0 Å². The van der Waals surface area contributed by atoms with Crippen molar-refractivity contribution in [2.75, 3.05) is 13.2 Å². The van der Waals surface area contributed by atoms with Crippen LogP contribution in [0.5, 0.6) is 0 Å². The van der Waals surface area contributed by atoms with Gasteiger partial charge in [0.05, 0.1) is 13.2 Å². The fourth-order valence-corrected chi connectivity index (χ4v) is 2.57. The van der Waals surface area contributed by atoms with Gasteiger partial charge in [0.1, 0.15) is 0 Å². The Hall–Kier alpha value is 0.270. The van der Waals surface area contributed by atoms with Gasteiger partial charge in [-0.1, -0.05) is 6.42 Å². The summed E-state index contributed by atoms with van der Waals surface area (Å²) in [6.07, 6.45) is 3.37. The highest BCUT2D eigenvalue weighted by atomic mass is 32.2. The molecule has 10 heavy (non-hydrogen) atoms. The lowest BCUT2D eigenvalue weighted by Gasteiger charge is -2.25. The van der Waals surface area contributed by atoms with Gasteiger partial charge in [-0.2, -0.15) is 11.8 Å². The van der Waals surface area contributed by atoms with E-state index >= 15 is 0 Å². The molecule has 1 fully saturated rings. The first-order valence-electron chi connectivity index (χ1n) is 3.74. The maximum Gasteiger partial charge on any atom is 0.0550 e. The molecular weight excluding hydrogens is 148 g/mol. The van der Waals surface area contributed by atoms with Crippen LogP contribution in [0.4, 0.5) is 0 Å². The second-order valence-electron chi connectivity index (χ2n) is 2.68. The smallest absolute Gasteiger partial charge is 0.0550 e. The van der Waals surface area contributed by atoms with Gasteiger partial charge in [0.25, 0.3) is 0 Å². The maximum atomic E-state index is 8.80. The quantitative estimate of drug-likeness (QED) is 0.625. The monoisotopic (exact) mass is 162 g/mol. The molecule has 1 heterocycles. The van der Waals surface area contributed by atoms with Gasteiger partial charge in [-0.05, 0) is 12.8 Å². The molecule has 0 unspecified atom stereocenters. The summed E-state index contributed by atoms with van der Waals surface area (Å²) in [6.45, 7) is 0.530. The Balaban J connectivity index is 2.25. The molecule has 0 amide bonds.